The van der Waals surface area contributed by atoms with E-state index >= 15 is 0 Å². The van der Waals surface area contributed by atoms with Gasteiger partial charge in [-0.2, -0.15) is 0 Å². The maximum atomic E-state index is 9.28. The van der Waals surface area contributed by atoms with Gasteiger partial charge in [-0.25, -0.2) is 5.48 Å². The van der Waals surface area contributed by atoms with Crippen molar-refractivity contribution in [1.29, 1.82) is 0 Å². The Bertz CT molecular complexity index is 121. The molecule has 5 nitrogen and oxygen atoms in total. The molecule has 0 spiro atoms. The van der Waals surface area contributed by atoms with Crippen LogP contribution in [0.15, 0.2) is 0 Å². The number of hydrogen-bond donors (Lipinski definition) is 2. The minimum Gasteiger partial charge on any atom is -0.389 e. The highest BCUT2D eigenvalue weighted by molar-refractivity contribution is 4.53. The van der Waals surface area contributed by atoms with Crippen LogP contribution in [0.1, 0.15) is 13.8 Å². The summed E-state index contributed by atoms with van der Waals surface area (Å²) in [6.45, 7) is 5.65. The quantitative estimate of drug-likeness (QED) is 0.410. The fourth-order valence-corrected chi connectivity index (χ4v) is 0.801. The average Bonchev–Trinajstić information content (AvgIpc) is 2.13. The van der Waals surface area contributed by atoms with Crippen LogP contribution in [0.2, 0.25) is 0 Å². The topological polar surface area (TPSA) is 60.0 Å². The van der Waals surface area contributed by atoms with Crippen LogP contribution in [0, 0.1) is 0 Å². The van der Waals surface area contributed by atoms with Crippen molar-refractivity contribution in [2.45, 2.75) is 26.1 Å². The lowest BCUT2D eigenvalue weighted by Gasteiger charge is -2.12. The van der Waals surface area contributed by atoms with Crippen LogP contribution in [0.25, 0.3) is 0 Å². The summed E-state index contributed by atoms with van der Waals surface area (Å²) < 4.78 is 10.4. The first-order chi connectivity index (χ1) is 6.66. The second-order valence-electron chi connectivity index (χ2n) is 3.20. The Morgan fingerprint density at radius 1 is 1.29 bits per heavy atom. The summed E-state index contributed by atoms with van der Waals surface area (Å²) in [6, 6.07) is 0. The lowest BCUT2D eigenvalue weighted by atomic mass is 10.4. The van der Waals surface area contributed by atoms with Gasteiger partial charge in [0.25, 0.3) is 0 Å². The number of aliphatic hydroxyl groups excluding tert-OH is 1. The van der Waals surface area contributed by atoms with Crippen LogP contribution in [0.3, 0.4) is 0 Å². The van der Waals surface area contributed by atoms with E-state index in [0.29, 0.717) is 19.8 Å². The van der Waals surface area contributed by atoms with E-state index in [1.807, 2.05) is 13.8 Å². The standard InChI is InChI=1S/C9H21NO4/c1-8(2)14-5-4-13-7-9(11)6-10-12-3/h8-11H,4-7H2,1-3H3. The minimum absolute atomic E-state index is 0.221. The van der Waals surface area contributed by atoms with E-state index in [1.54, 1.807) is 0 Å². The third-order valence-corrected chi connectivity index (χ3v) is 1.45. The van der Waals surface area contributed by atoms with Crippen LogP contribution < -0.4 is 5.48 Å². The largest absolute Gasteiger partial charge is 0.389 e. The van der Waals surface area contributed by atoms with Crippen molar-refractivity contribution in [2.24, 2.45) is 0 Å². The van der Waals surface area contributed by atoms with E-state index < -0.39 is 6.10 Å². The first kappa shape index (κ1) is 13.8. The molecule has 0 aromatic rings. The van der Waals surface area contributed by atoms with Gasteiger partial charge >= 0.3 is 0 Å². The van der Waals surface area contributed by atoms with E-state index in [2.05, 4.69) is 10.3 Å². The highest BCUT2D eigenvalue weighted by Gasteiger charge is 2.03. The lowest BCUT2D eigenvalue weighted by molar-refractivity contribution is -0.0235. The molecule has 0 aromatic carbocycles. The Morgan fingerprint density at radius 3 is 2.57 bits per heavy atom. The zero-order valence-electron chi connectivity index (χ0n) is 9.16. The molecule has 86 valence electrons. The molecule has 0 aliphatic carbocycles. The Balaban J connectivity index is 3.10. The van der Waals surface area contributed by atoms with Crippen molar-refractivity contribution in [1.82, 2.24) is 5.48 Å². The van der Waals surface area contributed by atoms with E-state index in [1.165, 1.54) is 7.11 Å². The minimum atomic E-state index is -0.547. The second-order valence-corrected chi connectivity index (χ2v) is 3.20. The molecule has 2 N–H and O–H groups in total. The number of rotatable bonds is 9. The summed E-state index contributed by atoms with van der Waals surface area (Å²) in [5.41, 5.74) is 2.55. The molecule has 0 saturated carbocycles. The van der Waals surface area contributed by atoms with Gasteiger partial charge in [-0.15, -0.1) is 0 Å². The molecular weight excluding hydrogens is 186 g/mol. The molecular formula is C9H21NO4. The van der Waals surface area contributed by atoms with Crippen LogP contribution in [-0.4, -0.2) is 50.8 Å². The van der Waals surface area contributed by atoms with E-state index in [0.717, 1.165) is 0 Å². The number of aliphatic hydroxyl groups is 1. The summed E-state index contributed by atoms with van der Waals surface area (Å²) in [5, 5.41) is 9.28. The third-order valence-electron chi connectivity index (χ3n) is 1.45. The number of hydrogen-bond acceptors (Lipinski definition) is 5. The van der Waals surface area contributed by atoms with Gasteiger partial charge in [0.05, 0.1) is 39.1 Å². The third kappa shape index (κ3) is 9.88. The van der Waals surface area contributed by atoms with Gasteiger partial charge < -0.3 is 19.4 Å². The summed E-state index contributed by atoms with van der Waals surface area (Å²) >= 11 is 0. The van der Waals surface area contributed by atoms with Crippen molar-refractivity contribution in [3.63, 3.8) is 0 Å². The van der Waals surface area contributed by atoms with Crippen LogP contribution in [0.4, 0.5) is 0 Å². The van der Waals surface area contributed by atoms with Gasteiger partial charge in [0.1, 0.15) is 0 Å². The number of nitrogens with one attached hydrogen (secondary N) is 1. The highest BCUT2D eigenvalue weighted by atomic mass is 16.6. The first-order valence-corrected chi connectivity index (χ1v) is 4.80. The summed E-state index contributed by atoms with van der Waals surface area (Å²) in [7, 11) is 1.50. The molecule has 0 saturated heterocycles. The summed E-state index contributed by atoms with van der Waals surface area (Å²) in [4.78, 5) is 4.58. The van der Waals surface area contributed by atoms with Crippen LogP contribution >= 0.6 is 0 Å². The fourth-order valence-electron chi connectivity index (χ4n) is 0.801. The monoisotopic (exact) mass is 207 g/mol. The molecule has 0 radical (unpaired) electrons. The predicted molar refractivity (Wildman–Crippen MR) is 52.9 cm³/mol. The lowest BCUT2D eigenvalue weighted by Crippen LogP contribution is -2.30. The Kier molecular flexibility index (Phi) is 9.23. The molecule has 5 heteroatoms. The van der Waals surface area contributed by atoms with Gasteiger partial charge in [-0.3, -0.25) is 0 Å². The first-order valence-electron chi connectivity index (χ1n) is 4.80. The molecule has 1 atom stereocenters. The normalized spacial score (nSPS) is 13.5. The van der Waals surface area contributed by atoms with Crippen molar-refractivity contribution in [2.75, 3.05) is 33.5 Å². The van der Waals surface area contributed by atoms with Gasteiger partial charge in [0, 0.05) is 6.54 Å². The summed E-state index contributed by atoms with van der Waals surface area (Å²) in [5.74, 6) is 0. The molecule has 0 heterocycles. The molecule has 0 bridgehead atoms. The molecule has 14 heavy (non-hydrogen) atoms. The fraction of sp³-hybridized carbons (Fsp3) is 1.00. The highest BCUT2D eigenvalue weighted by Crippen LogP contribution is 1.89. The average molecular weight is 207 g/mol. The molecule has 0 amide bonds. The van der Waals surface area contributed by atoms with Gasteiger partial charge in [-0.1, -0.05) is 0 Å². The zero-order valence-corrected chi connectivity index (χ0v) is 9.16. The number of hydroxylamine groups is 1. The molecule has 0 aliphatic rings. The van der Waals surface area contributed by atoms with Crippen molar-refractivity contribution in [3.05, 3.63) is 0 Å². The predicted octanol–water partition coefficient (Wildman–Crippen LogP) is -0.0601. The van der Waals surface area contributed by atoms with Crippen molar-refractivity contribution < 1.29 is 19.4 Å². The molecule has 0 rings (SSSR count). The Morgan fingerprint density at radius 2 is 2.00 bits per heavy atom. The number of ether oxygens (including phenoxy) is 2. The van der Waals surface area contributed by atoms with Crippen LogP contribution in [-0.2, 0) is 14.3 Å². The van der Waals surface area contributed by atoms with Crippen molar-refractivity contribution >= 4 is 0 Å². The second kappa shape index (κ2) is 9.36. The van der Waals surface area contributed by atoms with Crippen molar-refractivity contribution in [3.8, 4) is 0 Å². The molecule has 0 aromatic heterocycles. The van der Waals surface area contributed by atoms with Gasteiger partial charge in [0.15, 0.2) is 0 Å². The molecule has 1 unspecified atom stereocenters. The Hall–Kier alpha value is -0.200. The maximum Gasteiger partial charge on any atom is 0.0920 e. The smallest absolute Gasteiger partial charge is 0.0920 e. The molecule has 0 fully saturated rings. The van der Waals surface area contributed by atoms with Gasteiger partial charge in [0.2, 0.25) is 0 Å². The van der Waals surface area contributed by atoms with E-state index in [9.17, 15) is 5.11 Å². The van der Waals surface area contributed by atoms with E-state index in [4.69, 9.17) is 9.47 Å². The van der Waals surface area contributed by atoms with Crippen LogP contribution in [0.5, 0.6) is 0 Å². The summed E-state index contributed by atoms with van der Waals surface area (Å²) in [6.07, 6.45) is -0.326. The SMILES string of the molecule is CONCC(O)COCCOC(C)C. The zero-order chi connectivity index (χ0) is 10.8. The molecule has 0 aliphatic heterocycles. The maximum absolute atomic E-state index is 9.28. The van der Waals surface area contributed by atoms with Gasteiger partial charge in [-0.05, 0) is 13.8 Å². The van der Waals surface area contributed by atoms with E-state index in [-0.39, 0.29) is 12.7 Å². The Labute approximate surface area is 85.3 Å².